The lowest BCUT2D eigenvalue weighted by molar-refractivity contribution is -0.110. The van der Waals surface area contributed by atoms with Crippen LogP contribution in [0.5, 0.6) is 0 Å². The summed E-state index contributed by atoms with van der Waals surface area (Å²) in [5.41, 5.74) is 3.06. The fourth-order valence-electron chi connectivity index (χ4n) is 6.28. The van der Waals surface area contributed by atoms with Crippen LogP contribution < -0.4 is 10.6 Å². The molecule has 47 heavy (non-hydrogen) atoms. The SMILES string of the molecule is CCN(C)/C(C)=C1/C(=O)Nc2ccc(S(=O)(=O)N(CC(C)C)CC(O)C(Cc3ccccc3)NC(=O)OC3COC4OCCC34)cc21. The Balaban J connectivity index is 1.39. The molecule has 3 N–H and O–H groups in total. The van der Waals surface area contributed by atoms with Crippen molar-refractivity contribution in [2.45, 2.75) is 70.0 Å². The third-order valence-electron chi connectivity index (χ3n) is 9.05. The first kappa shape index (κ1) is 34.8. The van der Waals surface area contributed by atoms with Gasteiger partial charge in [0.05, 0.1) is 41.7 Å². The van der Waals surface area contributed by atoms with Gasteiger partial charge in [-0.2, -0.15) is 4.31 Å². The van der Waals surface area contributed by atoms with E-state index in [1.807, 2.05) is 70.0 Å². The molecule has 2 aromatic carbocycles. The van der Waals surface area contributed by atoms with E-state index in [1.54, 1.807) is 6.07 Å². The minimum Gasteiger partial charge on any atom is -0.443 e. The van der Waals surface area contributed by atoms with Crippen LogP contribution in [0.4, 0.5) is 10.5 Å². The molecule has 3 heterocycles. The van der Waals surface area contributed by atoms with Gasteiger partial charge in [0.25, 0.3) is 5.91 Å². The van der Waals surface area contributed by atoms with E-state index in [4.69, 9.17) is 14.2 Å². The summed E-state index contributed by atoms with van der Waals surface area (Å²) in [5.74, 6) is -0.409. The number of amides is 2. The number of anilines is 1. The summed E-state index contributed by atoms with van der Waals surface area (Å²) < 4.78 is 46.6. The Labute approximate surface area is 277 Å². The van der Waals surface area contributed by atoms with Crippen molar-refractivity contribution >= 4 is 33.3 Å². The molecule has 12 nitrogen and oxygen atoms in total. The van der Waals surface area contributed by atoms with E-state index in [0.29, 0.717) is 30.0 Å². The fraction of sp³-hybridized carbons (Fsp3) is 0.529. The summed E-state index contributed by atoms with van der Waals surface area (Å²) in [7, 11) is -2.27. The van der Waals surface area contributed by atoms with E-state index in [2.05, 4.69) is 10.6 Å². The number of hydrogen-bond acceptors (Lipinski definition) is 9. The Morgan fingerprint density at radius 3 is 2.60 bits per heavy atom. The number of benzene rings is 2. The second-order valence-electron chi connectivity index (χ2n) is 12.8. The molecule has 0 aromatic heterocycles. The smallest absolute Gasteiger partial charge is 0.407 e. The zero-order valence-electron chi connectivity index (χ0n) is 27.6. The number of nitrogens with zero attached hydrogens (tertiary/aromatic N) is 2. The van der Waals surface area contributed by atoms with Crippen molar-refractivity contribution in [3.63, 3.8) is 0 Å². The predicted octanol–water partition coefficient (Wildman–Crippen LogP) is 3.43. The third kappa shape index (κ3) is 7.81. The number of carbonyl (C=O) groups excluding carboxylic acids is 2. The quantitative estimate of drug-likeness (QED) is 0.273. The van der Waals surface area contributed by atoms with Crippen molar-refractivity contribution in [3.8, 4) is 0 Å². The van der Waals surface area contributed by atoms with E-state index in [1.165, 1.54) is 16.4 Å². The standard InChI is InChI=1S/C34H46N4O8S/c1-6-37(5)22(4)31-26-17-24(12-13-27(26)35-32(31)40)47(42,43)38(18-21(2)3)19-29(39)28(16-23-10-8-7-9-11-23)36-34(41)46-30-20-45-33-25(30)14-15-44-33/h7-13,17,21,25,28-30,33,39H,6,14-16,18-20H2,1-5H3,(H,35,40)(H,36,41)/b31-22+. The summed E-state index contributed by atoms with van der Waals surface area (Å²) in [6.45, 7) is 8.87. The number of sulfonamides is 1. The number of carbonyl (C=O) groups is 2. The van der Waals surface area contributed by atoms with Gasteiger partial charge in [-0.1, -0.05) is 44.2 Å². The molecule has 2 amide bonds. The Hall–Kier alpha value is -3.49. The maximum Gasteiger partial charge on any atom is 0.407 e. The van der Waals surface area contributed by atoms with E-state index >= 15 is 0 Å². The van der Waals surface area contributed by atoms with Gasteiger partial charge >= 0.3 is 6.09 Å². The van der Waals surface area contributed by atoms with Crippen molar-refractivity contribution in [3.05, 3.63) is 65.4 Å². The highest BCUT2D eigenvalue weighted by Crippen LogP contribution is 2.37. The highest BCUT2D eigenvalue weighted by Gasteiger charge is 2.44. The summed E-state index contributed by atoms with van der Waals surface area (Å²) in [4.78, 5) is 28.0. The van der Waals surface area contributed by atoms with Gasteiger partial charge in [0.1, 0.15) is 6.10 Å². The number of allylic oxidation sites excluding steroid dienone is 1. The topological polar surface area (TPSA) is 147 Å². The first-order valence-electron chi connectivity index (χ1n) is 16.2. The molecule has 0 bridgehead atoms. The van der Waals surface area contributed by atoms with Crippen LogP contribution in [0, 0.1) is 11.8 Å². The van der Waals surface area contributed by atoms with Crippen molar-refractivity contribution < 1.29 is 37.3 Å². The van der Waals surface area contributed by atoms with Gasteiger partial charge in [0.15, 0.2) is 6.29 Å². The van der Waals surface area contributed by atoms with Gasteiger partial charge in [0.2, 0.25) is 10.0 Å². The van der Waals surface area contributed by atoms with E-state index in [0.717, 1.165) is 17.7 Å². The van der Waals surface area contributed by atoms with Crippen molar-refractivity contribution in [2.75, 3.05) is 45.2 Å². The van der Waals surface area contributed by atoms with Crippen LogP contribution in [0.3, 0.4) is 0 Å². The summed E-state index contributed by atoms with van der Waals surface area (Å²) in [6, 6.07) is 13.1. The lowest BCUT2D eigenvalue weighted by atomic mass is 10.0. The summed E-state index contributed by atoms with van der Waals surface area (Å²) >= 11 is 0. The first-order chi connectivity index (χ1) is 22.4. The van der Waals surface area contributed by atoms with Crippen molar-refractivity contribution in [2.24, 2.45) is 11.8 Å². The molecular formula is C34H46N4O8S. The molecule has 0 saturated carbocycles. The van der Waals surface area contributed by atoms with Gasteiger partial charge in [0, 0.05) is 43.6 Å². The lowest BCUT2D eigenvalue weighted by Gasteiger charge is -2.31. The van der Waals surface area contributed by atoms with Gasteiger partial charge in [-0.3, -0.25) is 4.79 Å². The number of aliphatic hydroxyl groups excluding tert-OH is 1. The molecule has 2 fully saturated rings. The molecule has 0 aliphatic carbocycles. The molecule has 5 atom stereocenters. The normalized spacial score (nSPS) is 22.9. The molecule has 2 saturated heterocycles. The Morgan fingerprint density at radius 1 is 1.15 bits per heavy atom. The van der Waals surface area contributed by atoms with Crippen molar-refractivity contribution in [1.82, 2.24) is 14.5 Å². The predicted molar refractivity (Wildman–Crippen MR) is 177 cm³/mol. The number of hydrogen-bond donors (Lipinski definition) is 3. The molecule has 3 aliphatic rings. The van der Waals surface area contributed by atoms with E-state index in [9.17, 15) is 23.1 Å². The number of alkyl carbamates (subject to hydrolysis) is 1. The Morgan fingerprint density at radius 2 is 1.89 bits per heavy atom. The van der Waals surface area contributed by atoms with Crippen LogP contribution >= 0.6 is 0 Å². The second-order valence-corrected chi connectivity index (χ2v) is 14.8. The van der Waals surface area contributed by atoms with E-state index < -0.39 is 34.4 Å². The fourth-order valence-corrected chi connectivity index (χ4v) is 7.93. The van der Waals surface area contributed by atoms with Crippen LogP contribution in [0.1, 0.15) is 45.2 Å². The monoisotopic (exact) mass is 670 g/mol. The average molecular weight is 671 g/mol. The largest absolute Gasteiger partial charge is 0.443 e. The number of rotatable bonds is 13. The maximum absolute atomic E-state index is 14.2. The molecule has 0 radical (unpaired) electrons. The van der Waals surface area contributed by atoms with Crippen LogP contribution in [0.2, 0.25) is 0 Å². The van der Waals surface area contributed by atoms with Crippen LogP contribution in [0.15, 0.2) is 59.1 Å². The van der Waals surface area contributed by atoms with Crippen LogP contribution in [-0.2, 0) is 35.4 Å². The molecule has 2 aromatic rings. The molecule has 3 aliphatic heterocycles. The number of fused-ring (bicyclic) bond motifs is 2. The summed E-state index contributed by atoms with van der Waals surface area (Å²) in [5, 5.41) is 17.3. The van der Waals surface area contributed by atoms with Crippen LogP contribution in [0.25, 0.3) is 5.57 Å². The minimum absolute atomic E-state index is 0.00611. The molecule has 5 unspecified atom stereocenters. The number of aliphatic hydroxyl groups is 1. The molecule has 5 rings (SSSR count). The lowest BCUT2D eigenvalue weighted by Crippen LogP contribution is -2.51. The van der Waals surface area contributed by atoms with E-state index in [-0.39, 0.29) is 55.0 Å². The molecule has 256 valence electrons. The Bertz CT molecular complexity index is 1580. The van der Waals surface area contributed by atoms with Gasteiger partial charge in [-0.25, -0.2) is 13.2 Å². The highest BCUT2D eigenvalue weighted by molar-refractivity contribution is 7.89. The third-order valence-corrected chi connectivity index (χ3v) is 10.9. The minimum atomic E-state index is -4.14. The second kappa shape index (κ2) is 14.7. The number of nitrogens with one attached hydrogen (secondary N) is 2. The zero-order chi connectivity index (χ0) is 33.9. The molecular weight excluding hydrogens is 624 g/mol. The maximum atomic E-state index is 14.2. The number of ether oxygens (including phenoxy) is 3. The molecule has 13 heteroatoms. The molecule has 0 spiro atoms. The first-order valence-corrected chi connectivity index (χ1v) is 17.6. The van der Waals surface area contributed by atoms with Gasteiger partial charge in [-0.05, 0) is 56.4 Å². The zero-order valence-corrected chi connectivity index (χ0v) is 28.5. The van der Waals surface area contributed by atoms with Gasteiger partial charge in [-0.15, -0.1) is 0 Å². The van der Waals surface area contributed by atoms with Gasteiger partial charge < -0.3 is 34.9 Å². The highest BCUT2D eigenvalue weighted by atomic mass is 32.2. The Kier molecular flexibility index (Phi) is 10.9. The summed E-state index contributed by atoms with van der Waals surface area (Å²) in [6.07, 6.45) is -1.90. The van der Waals surface area contributed by atoms with Crippen LogP contribution in [-0.4, -0.2) is 99.2 Å². The average Bonchev–Trinajstić information content (AvgIpc) is 3.74. The van der Waals surface area contributed by atoms with Crippen molar-refractivity contribution in [1.29, 1.82) is 0 Å².